The highest BCUT2D eigenvalue weighted by molar-refractivity contribution is 9.10. The number of benzene rings is 1. The lowest BCUT2D eigenvalue weighted by Gasteiger charge is -2.23. The first-order valence-electron chi connectivity index (χ1n) is 10.2. The van der Waals surface area contributed by atoms with Gasteiger partial charge in [-0.25, -0.2) is 0 Å². The van der Waals surface area contributed by atoms with Crippen molar-refractivity contribution in [1.82, 2.24) is 19.6 Å². The van der Waals surface area contributed by atoms with Crippen molar-refractivity contribution in [3.8, 4) is 28.3 Å². The monoisotopic (exact) mass is 463 g/mol. The second-order valence-electron chi connectivity index (χ2n) is 7.59. The molecule has 4 aromatic rings. The molecule has 0 aliphatic heterocycles. The normalized spacial score (nSPS) is 14.8. The van der Waals surface area contributed by atoms with E-state index in [1.165, 1.54) is 19.3 Å². The van der Waals surface area contributed by atoms with Crippen LogP contribution in [0.4, 0.5) is 5.82 Å². The summed E-state index contributed by atoms with van der Waals surface area (Å²) in [7, 11) is 0. The smallest absolute Gasteiger partial charge is 0.234 e. The third-order valence-electron chi connectivity index (χ3n) is 5.57. The van der Waals surface area contributed by atoms with E-state index in [1.54, 1.807) is 10.7 Å². The van der Waals surface area contributed by atoms with E-state index in [2.05, 4.69) is 26.0 Å². The molecular formula is C23H22BrN5O. The van der Waals surface area contributed by atoms with E-state index < -0.39 is 0 Å². The fraction of sp³-hybridized carbons (Fsp3) is 0.261. The lowest BCUT2D eigenvalue weighted by atomic mass is 9.98. The molecule has 7 heteroatoms. The molecule has 0 spiro atoms. The number of anilines is 1. The van der Waals surface area contributed by atoms with Crippen LogP contribution in [0.15, 0.2) is 59.3 Å². The molecule has 0 radical (unpaired) electrons. The zero-order valence-corrected chi connectivity index (χ0v) is 18.0. The van der Waals surface area contributed by atoms with E-state index in [0.717, 1.165) is 35.2 Å². The molecular weight excluding hydrogens is 442 g/mol. The second-order valence-corrected chi connectivity index (χ2v) is 8.38. The van der Waals surface area contributed by atoms with Gasteiger partial charge in [0.15, 0.2) is 5.65 Å². The number of fused-ring (bicyclic) bond motifs is 1. The molecule has 5 rings (SSSR count). The minimum atomic E-state index is 0.183. The van der Waals surface area contributed by atoms with Gasteiger partial charge >= 0.3 is 0 Å². The quantitative estimate of drug-likeness (QED) is 0.431. The molecule has 1 aromatic carbocycles. The van der Waals surface area contributed by atoms with Gasteiger partial charge in [0.05, 0.1) is 11.9 Å². The van der Waals surface area contributed by atoms with Crippen LogP contribution in [0.3, 0.4) is 0 Å². The standard InChI is InChI=1S/C23H22BrN5O/c24-20-21(25)29-22(28-23(20)30-17-9-5-2-6-10-17)18(14-27-29)16-11-12-19(26-13-16)15-7-3-1-4-8-15/h1,3-4,7-8,11-14,17H,2,5-6,9-10,25H2. The summed E-state index contributed by atoms with van der Waals surface area (Å²) in [6, 6.07) is 14.2. The Kier molecular flexibility index (Phi) is 5.12. The van der Waals surface area contributed by atoms with Crippen molar-refractivity contribution in [3.05, 3.63) is 59.3 Å². The molecule has 3 aromatic heterocycles. The predicted molar refractivity (Wildman–Crippen MR) is 121 cm³/mol. The van der Waals surface area contributed by atoms with Crippen molar-refractivity contribution < 1.29 is 4.74 Å². The minimum Gasteiger partial charge on any atom is -0.473 e. The Bertz CT molecular complexity index is 1170. The Labute approximate surface area is 183 Å². The van der Waals surface area contributed by atoms with Crippen molar-refractivity contribution in [2.75, 3.05) is 5.73 Å². The third kappa shape index (κ3) is 3.54. The van der Waals surface area contributed by atoms with Crippen molar-refractivity contribution >= 4 is 27.4 Å². The van der Waals surface area contributed by atoms with Crippen molar-refractivity contribution in [1.29, 1.82) is 0 Å². The van der Waals surface area contributed by atoms with E-state index >= 15 is 0 Å². The summed E-state index contributed by atoms with van der Waals surface area (Å²) in [6.07, 6.45) is 9.56. The topological polar surface area (TPSA) is 78.3 Å². The first-order chi connectivity index (χ1) is 14.7. The van der Waals surface area contributed by atoms with Crippen molar-refractivity contribution in [2.45, 2.75) is 38.2 Å². The van der Waals surface area contributed by atoms with E-state index in [9.17, 15) is 0 Å². The first kappa shape index (κ1) is 19.1. The summed E-state index contributed by atoms with van der Waals surface area (Å²) in [5, 5.41) is 4.44. The van der Waals surface area contributed by atoms with Crippen LogP contribution < -0.4 is 10.5 Å². The molecule has 1 saturated carbocycles. The maximum Gasteiger partial charge on any atom is 0.234 e. The number of rotatable bonds is 4. The Balaban J connectivity index is 1.51. The summed E-state index contributed by atoms with van der Waals surface area (Å²) in [5.41, 5.74) is 10.8. The molecule has 0 saturated heterocycles. The Morgan fingerprint density at radius 2 is 1.77 bits per heavy atom. The summed E-state index contributed by atoms with van der Waals surface area (Å²) >= 11 is 3.54. The maximum atomic E-state index is 6.33. The third-order valence-corrected chi connectivity index (χ3v) is 6.31. The number of halogens is 1. The lowest BCUT2D eigenvalue weighted by molar-refractivity contribution is 0.148. The van der Waals surface area contributed by atoms with Gasteiger partial charge in [-0.3, -0.25) is 4.98 Å². The van der Waals surface area contributed by atoms with Gasteiger partial charge in [-0.15, -0.1) is 0 Å². The predicted octanol–water partition coefficient (Wildman–Crippen LogP) is 5.51. The van der Waals surface area contributed by atoms with E-state index in [4.69, 9.17) is 15.5 Å². The van der Waals surface area contributed by atoms with Gasteiger partial charge in [-0.1, -0.05) is 42.8 Å². The van der Waals surface area contributed by atoms with Crippen LogP contribution in [0.5, 0.6) is 5.88 Å². The molecule has 0 atom stereocenters. The van der Waals surface area contributed by atoms with Gasteiger partial charge in [0.2, 0.25) is 5.88 Å². The summed E-state index contributed by atoms with van der Waals surface area (Å²) < 4.78 is 8.50. The molecule has 1 fully saturated rings. The summed E-state index contributed by atoms with van der Waals surface area (Å²) in [5.74, 6) is 1.01. The van der Waals surface area contributed by atoms with Crippen LogP contribution in [-0.4, -0.2) is 25.7 Å². The highest BCUT2D eigenvalue weighted by Gasteiger charge is 2.21. The molecule has 0 amide bonds. The maximum absolute atomic E-state index is 6.33. The number of hydrogen-bond donors (Lipinski definition) is 1. The van der Waals surface area contributed by atoms with Crippen LogP contribution in [0.25, 0.3) is 28.0 Å². The van der Waals surface area contributed by atoms with E-state index in [0.29, 0.717) is 21.8 Å². The molecule has 6 nitrogen and oxygen atoms in total. The largest absolute Gasteiger partial charge is 0.473 e. The zero-order valence-electron chi connectivity index (χ0n) is 16.5. The van der Waals surface area contributed by atoms with Crippen LogP contribution in [0.1, 0.15) is 32.1 Å². The molecule has 1 aliphatic carbocycles. The molecule has 0 bridgehead atoms. The number of nitrogens with zero attached hydrogens (tertiary/aromatic N) is 4. The van der Waals surface area contributed by atoms with Crippen LogP contribution >= 0.6 is 15.9 Å². The molecule has 3 heterocycles. The summed E-state index contributed by atoms with van der Waals surface area (Å²) in [6.45, 7) is 0. The van der Waals surface area contributed by atoms with Gasteiger partial charge in [-0.05, 0) is 47.7 Å². The van der Waals surface area contributed by atoms with E-state index in [-0.39, 0.29) is 6.10 Å². The second kappa shape index (κ2) is 8.07. The number of ether oxygens (including phenoxy) is 1. The number of hydrogen-bond acceptors (Lipinski definition) is 5. The summed E-state index contributed by atoms with van der Waals surface area (Å²) in [4.78, 5) is 9.40. The zero-order chi connectivity index (χ0) is 20.5. The first-order valence-corrected chi connectivity index (χ1v) is 11.0. The molecule has 2 N–H and O–H groups in total. The van der Waals surface area contributed by atoms with Crippen molar-refractivity contribution in [2.24, 2.45) is 0 Å². The van der Waals surface area contributed by atoms with Crippen molar-refractivity contribution in [3.63, 3.8) is 0 Å². The fourth-order valence-electron chi connectivity index (χ4n) is 3.93. The molecule has 152 valence electrons. The highest BCUT2D eigenvalue weighted by Crippen LogP contribution is 2.35. The van der Waals surface area contributed by atoms with Gasteiger partial charge in [0.1, 0.15) is 16.4 Å². The minimum absolute atomic E-state index is 0.183. The average molecular weight is 464 g/mol. The van der Waals surface area contributed by atoms with E-state index in [1.807, 2.05) is 48.7 Å². The Morgan fingerprint density at radius 1 is 0.967 bits per heavy atom. The highest BCUT2D eigenvalue weighted by atomic mass is 79.9. The number of aromatic nitrogens is 4. The number of nitrogen functional groups attached to an aromatic ring is 1. The lowest BCUT2D eigenvalue weighted by Crippen LogP contribution is -2.21. The van der Waals surface area contributed by atoms with Crippen LogP contribution in [0.2, 0.25) is 0 Å². The van der Waals surface area contributed by atoms with Crippen LogP contribution in [-0.2, 0) is 0 Å². The molecule has 0 unspecified atom stereocenters. The number of nitrogens with two attached hydrogens (primary N) is 1. The fourth-order valence-corrected chi connectivity index (χ4v) is 4.28. The Hall–Kier alpha value is -2.93. The van der Waals surface area contributed by atoms with Crippen LogP contribution in [0, 0.1) is 0 Å². The molecule has 1 aliphatic rings. The van der Waals surface area contributed by atoms with Gasteiger partial charge in [0, 0.05) is 22.9 Å². The van der Waals surface area contributed by atoms with Gasteiger partial charge in [-0.2, -0.15) is 14.6 Å². The average Bonchev–Trinajstić information content (AvgIpc) is 3.23. The SMILES string of the molecule is Nc1c(Br)c(OC2CCCCC2)nc2c(-c3ccc(-c4ccccc4)nc3)cnn12. The number of pyridine rings is 1. The van der Waals surface area contributed by atoms with Gasteiger partial charge in [0.25, 0.3) is 0 Å². The molecule has 30 heavy (non-hydrogen) atoms. The van der Waals surface area contributed by atoms with Gasteiger partial charge < -0.3 is 10.5 Å². The Morgan fingerprint density at radius 3 is 2.50 bits per heavy atom.